The first kappa shape index (κ1) is 10.7. The van der Waals surface area contributed by atoms with Crippen LogP contribution in [0.1, 0.15) is 5.56 Å². The van der Waals surface area contributed by atoms with E-state index in [4.69, 9.17) is 15.2 Å². The maximum Gasteiger partial charge on any atom is 0.197 e. The van der Waals surface area contributed by atoms with Crippen LogP contribution in [-0.4, -0.2) is 25.5 Å². The SMILES string of the molecule is COC(OC)/C(N)=C/c1cccnc1. The number of pyridine rings is 1. The highest BCUT2D eigenvalue weighted by atomic mass is 16.7. The number of methoxy groups -OCH3 is 2. The van der Waals surface area contributed by atoms with Crippen LogP contribution < -0.4 is 5.73 Å². The van der Waals surface area contributed by atoms with Crippen molar-refractivity contribution in [1.29, 1.82) is 0 Å². The van der Waals surface area contributed by atoms with Crippen molar-refractivity contribution in [3.8, 4) is 0 Å². The average molecular weight is 194 g/mol. The predicted octanol–water partition coefficient (Wildman–Crippen LogP) is 1.00. The van der Waals surface area contributed by atoms with Crippen molar-refractivity contribution in [1.82, 2.24) is 4.98 Å². The van der Waals surface area contributed by atoms with E-state index in [1.165, 1.54) is 14.2 Å². The van der Waals surface area contributed by atoms with Crippen molar-refractivity contribution in [2.24, 2.45) is 5.73 Å². The molecular formula is C10H14N2O2. The van der Waals surface area contributed by atoms with E-state index < -0.39 is 6.29 Å². The van der Waals surface area contributed by atoms with Gasteiger partial charge in [-0.2, -0.15) is 0 Å². The molecule has 14 heavy (non-hydrogen) atoms. The normalized spacial score (nSPS) is 12.1. The average Bonchev–Trinajstić information content (AvgIpc) is 2.21. The van der Waals surface area contributed by atoms with Gasteiger partial charge in [0.25, 0.3) is 0 Å². The molecule has 4 heteroatoms. The van der Waals surface area contributed by atoms with Gasteiger partial charge in [-0.1, -0.05) is 6.07 Å². The summed E-state index contributed by atoms with van der Waals surface area (Å²) in [5.41, 5.74) is 7.19. The summed E-state index contributed by atoms with van der Waals surface area (Å²) in [5, 5.41) is 0. The Kier molecular flexibility index (Phi) is 4.10. The zero-order chi connectivity index (χ0) is 10.4. The van der Waals surface area contributed by atoms with Gasteiger partial charge in [-0.15, -0.1) is 0 Å². The molecule has 0 bridgehead atoms. The zero-order valence-corrected chi connectivity index (χ0v) is 8.31. The second-order valence-electron chi connectivity index (χ2n) is 2.73. The lowest BCUT2D eigenvalue weighted by Crippen LogP contribution is -2.21. The summed E-state index contributed by atoms with van der Waals surface area (Å²) in [7, 11) is 3.08. The third-order valence-corrected chi connectivity index (χ3v) is 1.72. The second kappa shape index (κ2) is 5.36. The second-order valence-corrected chi connectivity index (χ2v) is 2.73. The molecule has 2 N–H and O–H groups in total. The Morgan fingerprint density at radius 3 is 2.71 bits per heavy atom. The molecule has 0 saturated carbocycles. The summed E-state index contributed by atoms with van der Waals surface area (Å²) in [6, 6.07) is 3.75. The van der Waals surface area contributed by atoms with E-state index in [1.807, 2.05) is 12.1 Å². The fourth-order valence-corrected chi connectivity index (χ4v) is 1.09. The number of nitrogens with two attached hydrogens (primary N) is 1. The van der Waals surface area contributed by atoms with Gasteiger partial charge >= 0.3 is 0 Å². The highest BCUT2D eigenvalue weighted by molar-refractivity contribution is 5.51. The largest absolute Gasteiger partial charge is 0.398 e. The molecule has 0 amide bonds. The lowest BCUT2D eigenvalue weighted by molar-refractivity contribution is -0.0749. The molecule has 0 radical (unpaired) electrons. The van der Waals surface area contributed by atoms with Gasteiger partial charge in [-0.05, 0) is 17.7 Å². The standard InChI is InChI=1S/C10H14N2O2/c1-13-10(14-2)9(11)6-8-4-3-5-12-7-8/h3-7,10H,11H2,1-2H3/b9-6-. The first-order valence-corrected chi connectivity index (χ1v) is 4.20. The van der Waals surface area contributed by atoms with Crippen LogP contribution in [0, 0.1) is 0 Å². The Hall–Kier alpha value is -1.39. The quantitative estimate of drug-likeness (QED) is 0.726. The Labute approximate surface area is 83.4 Å². The van der Waals surface area contributed by atoms with Crippen LogP contribution in [0.3, 0.4) is 0 Å². The predicted molar refractivity (Wildman–Crippen MR) is 54.2 cm³/mol. The fourth-order valence-electron chi connectivity index (χ4n) is 1.09. The van der Waals surface area contributed by atoms with Crippen molar-refractivity contribution in [3.63, 3.8) is 0 Å². The van der Waals surface area contributed by atoms with Gasteiger partial charge in [-0.3, -0.25) is 4.98 Å². The molecule has 1 rings (SSSR count). The van der Waals surface area contributed by atoms with Gasteiger partial charge in [0.1, 0.15) is 0 Å². The van der Waals surface area contributed by atoms with Crippen LogP contribution in [0.4, 0.5) is 0 Å². The fraction of sp³-hybridized carbons (Fsp3) is 0.300. The molecule has 0 aliphatic heterocycles. The molecule has 0 unspecified atom stereocenters. The summed E-state index contributed by atoms with van der Waals surface area (Å²) in [4.78, 5) is 3.97. The van der Waals surface area contributed by atoms with E-state index in [2.05, 4.69) is 4.98 Å². The molecule has 76 valence electrons. The molecule has 0 aliphatic carbocycles. The number of hydrogen-bond acceptors (Lipinski definition) is 4. The van der Waals surface area contributed by atoms with Crippen LogP contribution in [0.15, 0.2) is 30.2 Å². The molecule has 0 aliphatic rings. The van der Waals surface area contributed by atoms with E-state index in [1.54, 1.807) is 18.5 Å². The van der Waals surface area contributed by atoms with Crippen molar-refractivity contribution < 1.29 is 9.47 Å². The third kappa shape index (κ3) is 2.83. The summed E-state index contributed by atoms with van der Waals surface area (Å²) in [6.45, 7) is 0. The molecule has 1 aromatic rings. The van der Waals surface area contributed by atoms with E-state index in [9.17, 15) is 0 Å². The van der Waals surface area contributed by atoms with Gasteiger partial charge in [-0.25, -0.2) is 0 Å². The molecule has 0 saturated heterocycles. The van der Waals surface area contributed by atoms with Gasteiger partial charge in [0.05, 0.1) is 5.70 Å². The maximum atomic E-state index is 5.75. The topological polar surface area (TPSA) is 57.4 Å². The Morgan fingerprint density at radius 1 is 1.50 bits per heavy atom. The third-order valence-electron chi connectivity index (χ3n) is 1.72. The van der Waals surface area contributed by atoms with Crippen LogP contribution in [0.5, 0.6) is 0 Å². The molecule has 0 fully saturated rings. The van der Waals surface area contributed by atoms with E-state index >= 15 is 0 Å². The van der Waals surface area contributed by atoms with Gasteiger partial charge in [0, 0.05) is 26.6 Å². The van der Waals surface area contributed by atoms with Crippen molar-refractivity contribution in [2.45, 2.75) is 6.29 Å². The van der Waals surface area contributed by atoms with Gasteiger partial charge in [0.2, 0.25) is 0 Å². The number of hydrogen-bond donors (Lipinski definition) is 1. The molecule has 0 spiro atoms. The molecule has 1 aromatic heterocycles. The molecule has 4 nitrogen and oxygen atoms in total. The molecular weight excluding hydrogens is 180 g/mol. The number of rotatable bonds is 4. The zero-order valence-electron chi connectivity index (χ0n) is 8.31. The van der Waals surface area contributed by atoms with Crippen LogP contribution in [0.2, 0.25) is 0 Å². The van der Waals surface area contributed by atoms with Crippen LogP contribution >= 0.6 is 0 Å². The smallest absolute Gasteiger partial charge is 0.197 e. The van der Waals surface area contributed by atoms with Crippen molar-refractivity contribution in [3.05, 3.63) is 35.8 Å². The van der Waals surface area contributed by atoms with Crippen molar-refractivity contribution in [2.75, 3.05) is 14.2 Å². The summed E-state index contributed by atoms with van der Waals surface area (Å²) in [5.74, 6) is 0. The Bertz CT molecular complexity index is 294. The lowest BCUT2D eigenvalue weighted by atomic mass is 10.2. The van der Waals surface area contributed by atoms with E-state index in [0.29, 0.717) is 5.70 Å². The van der Waals surface area contributed by atoms with Crippen LogP contribution in [0.25, 0.3) is 6.08 Å². The number of ether oxygens (including phenoxy) is 2. The molecule has 0 aromatic carbocycles. The summed E-state index contributed by atoms with van der Waals surface area (Å²) < 4.78 is 10.00. The van der Waals surface area contributed by atoms with Gasteiger partial charge in [0.15, 0.2) is 6.29 Å². The lowest BCUT2D eigenvalue weighted by Gasteiger charge is -2.13. The van der Waals surface area contributed by atoms with Crippen LogP contribution in [-0.2, 0) is 9.47 Å². The summed E-state index contributed by atoms with van der Waals surface area (Å²) in [6.07, 6.45) is 4.69. The minimum absolute atomic E-state index is 0.504. The highest BCUT2D eigenvalue weighted by Crippen LogP contribution is 2.06. The highest BCUT2D eigenvalue weighted by Gasteiger charge is 2.07. The van der Waals surface area contributed by atoms with E-state index in [0.717, 1.165) is 5.56 Å². The van der Waals surface area contributed by atoms with Crippen molar-refractivity contribution >= 4 is 6.08 Å². The molecule has 1 heterocycles. The maximum absolute atomic E-state index is 5.75. The molecule has 0 atom stereocenters. The Balaban J connectivity index is 2.77. The monoisotopic (exact) mass is 194 g/mol. The minimum Gasteiger partial charge on any atom is -0.398 e. The minimum atomic E-state index is -0.504. The van der Waals surface area contributed by atoms with E-state index in [-0.39, 0.29) is 0 Å². The Morgan fingerprint density at radius 2 is 2.21 bits per heavy atom. The first-order valence-electron chi connectivity index (χ1n) is 4.20. The first-order chi connectivity index (χ1) is 6.77. The van der Waals surface area contributed by atoms with Gasteiger partial charge < -0.3 is 15.2 Å². The summed E-state index contributed by atoms with van der Waals surface area (Å²) >= 11 is 0. The number of nitrogens with zero attached hydrogens (tertiary/aromatic N) is 1. The number of aromatic nitrogens is 1.